The van der Waals surface area contributed by atoms with Crippen molar-refractivity contribution in [3.8, 4) is 5.75 Å². The summed E-state index contributed by atoms with van der Waals surface area (Å²) < 4.78 is 11.0. The fourth-order valence-corrected chi connectivity index (χ4v) is 3.81. The van der Waals surface area contributed by atoms with E-state index in [1.54, 1.807) is 0 Å². The lowest BCUT2D eigenvalue weighted by Gasteiger charge is -2.15. The summed E-state index contributed by atoms with van der Waals surface area (Å²) in [4.78, 5) is 11.5. The number of unbranched alkanes of at least 4 members (excludes halogenated alkanes) is 1. The van der Waals surface area contributed by atoms with Gasteiger partial charge < -0.3 is 20.9 Å². The van der Waals surface area contributed by atoms with Crippen molar-refractivity contribution >= 4 is 17.6 Å². The van der Waals surface area contributed by atoms with E-state index in [1.165, 1.54) is 33.4 Å². The average molecular weight is 423 g/mol. The summed E-state index contributed by atoms with van der Waals surface area (Å²) in [6.45, 7) is 7.66. The topological polar surface area (TPSA) is 87.6 Å². The van der Waals surface area contributed by atoms with Gasteiger partial charge in [-0.25, -0.2) is 0 Å². The molecule has 0 spiro atoms. The molecule has 2 aromatic rings. The number of benzene rings is 2. The Morgan fingerprint density at radius 1 is 1.10 bits per heavy atom. The number of nitrogens with two attached hydrogens (primary N) is 2. The lowest BCUT2D eigenvalue weighted by atomic mass is 9.90. The number of carbonyl (C=O) groups is 1. The highest BCUT2D eigenvalue weighted by Gasteiger charge is 2.18. The number of carbonyl (C=O) groups excluding carboxylic acids is 1. The zero-order valence-electron chi connectivity index (χ0n) is 18.8. The third-order valence-corrected chi connectivity index (χ3v) is 5.61. The molecule has 1 unspecified atom stereocenters. The van der Waals surface area contributed by atoms with Gasteiger partial charge in [0, 0.05) is 6.54 Å². The van der Waals surface area contributed by atoms with E-state index in [1.807, 2.05) is 6.07 Å². The summed E-state index contributed by atoms with van der Waals surface area (Å²) in [6, 6.07) is 12.3. The van der Waals surface area contributed by atoms with E-state index >= 15 is 0 Å². The van der Waals surface area contributed by atoms with Gasteiger partial charge in [-0.2, -0.15) is 0 Å². The highest BCUT2D eigenvalue weighted by molar-refractivity contribution is 5.90. The first-order chi connectivity index (χ1) is 14.9. The first-order valence-electron chi connectivity index (χ1n) is 11.1. The minimum atomic E-state index is -0.738. The third-order valence-electron chi connectivity index (χ3n) is 5.61. The summed E-state index contributed by atoms with van der Waals surface area (Å²) in [5, 5.41) is 0. The Bertz CT molecular complexity index is 950. The van der Waals surface area contributed by atoms with Crippen molar-refractivity contribution in [1.82, 2.24) is 0 Å². The molecule has 3 rings (SSSR count). The van der Waals surface area contributed by atoms with Crippen LogP contribution in [0.1, 0.15) is 60.4 Å². The van der Waals surface area contributed by atoms with Crippen LogP contribution >= 0.6 is 0 Å². The van der Waals surface area contributed by atoms with Gasteiger partial charge in [-0.15, -0.1) is 0 Å². The number of rotatable bonds is 10. The second-order valence-corrected chi connectivity index (χ2v) is 8.52. The van der Waals surface area contributed by atoms with Crippen LogP contribution in [0.5, 0.6) is 5.75 Å². The quantitative estimate of drug-likeness (QED) is 0.442. The zero-order valence-corrected chi connectivity index (χ0v) is 18.8. The first kappa shape index (κ1) is 23.0. The van der Waals surface area contributed by atoms with E-state index in [-0.39, 0.29) is 6.54 Å². The number of aryl methyl sites for hydroxylation is 1. The molecule has 0 aliphatic heterocycles. The molecule has 0 radical (unpaired) electrons. The largest absolute Gasteiger partial charge is 0.494 e. The summed E-state index contributed by atoms with van der Waals surface area (Å²) in [7, 11) is 0. The summed E-state index contributed by atoms with van der Waals surface area (Å²) >= 11 is 0. The predicted octanol–water partition coefficient (Wildman–Crippen LogP) is 4.20. The van der Waals surface area contributed by atoms with E-state index in [0.29, 0.717) is 19.1 Å². The Morgan fingerprint density at radius 3 is 2.61 bits per heavy atom. The zero-order chi connectivity index (χ0) is 22.4. The summed E-state index contributed by atoms with van der Waals surface area (Å²) in [5.74, 6) is 0.923. The lowest BCUT2D eigenvalue weighted by molar-refractivity contribution is -0.145. The van der Waals surface area contributed by atoms with Crippen LogP contribution in [-0.2, 0) is 16.0 Å². The van der Waals surface area contributed by atoms with E-state index in [0.717, 1.165) is 25.0 Å². The standard InChI is InChI=1S/C26H34N2O3/c1-17(2)24-12-18(3)6-9-23(24)21-13-19-7-8-22(15-20(19)14-21)30-10-4-5-11-31-26(29)25(28)16-27/h6-9,12-13,15,17,25H,4-5,10-11,14,16,27-28H2,1-3H3. The number of allylic oxidation sites excluding steroid dienone is 1. The highest BCUT2D eigenvalue weighted by atomic mass is 16.5. The van der Waals surface area contributed by atoms with Crippen LogP contribution < -0.4 is 16.2 Å². The molecule has 0 saturated heterocycles. The monoisotopic (exact) mass is 422 g/mol. The molecule has 2 aromatic carbocycles. The highest BCUT2D eigenvalue weighted by Crippen LogP contribution is 2.37. The molecule has 4 N–H and O–H groups in total. The van der Waals surface area contributed by atoms with Gasteiger partial charge >= 0.3 is 5.97 Å². The Kier molecular flexibility index (Phi) is 7.88. The van der Waals surface area contributed by atoms with Crippen LogP contribution in [0, 0.1) is 6.92 Å². The molecule has 1 atom stereocenters. The maximum absolute atomic E-state index is 11.5. The van der Waals surface area contributed by atoms with Gasteiger partial charge in [0.25, 0.3) is 0 Å². The van der Waals surface area contributed by atoms with Gasteiger partial charge in [-0.3, -0.25) is 4.79 Å². The van der Waals surface area contributed by atoms with Gasteiger partial charge in [0.1, 0.15) is 11.8 Å². The molecule has 166 valence electrons. The molecule has 0 bridgehead atoms. The van der Waals surface area contributed by atoms with Gasteiger partial charge in [0.05, 0.1) is 13.2 Å². The number of ether oxygens (including phenoxy) is 2. The Hall–Kier alpha value is -2.63. The fourth-order valence-electron chi connectivity index (χ4n) is 3.81. The van der Waals surface area contributed by atoms with Crippen LogP contribution in [0.15, 0.2) is 36.4 Å². The molecule has 0 heterocycles. The van der Waals surface area contributed by atoms with Gasteiger partial charge in [-0.1, -0.05) is 49.8 Å². The van der Waals surface area contributed by atoms with Crippen LogP contribution in [0.2, 0.25) is 0 Å². The van der Waals surface area contributed by atoms with E-state index in [4.69, 9.17) is 20.9 Å². The first-order valence-corrected chi connectivity index (χ1v) is 11.1. The molecule has 0 amide bonds. The maximum atomic E-state index is 11.5. The molecule has 5 nitrogen and oxygen atoms in total. The Balaban J connectivity index is 1.51. The van der Waals surface area contributed by atoms with Gasteiger partial charge in [0.2, 0.25) is 0 Å². The van der Waals surface area contributed by atoms with Crippen molar-refractivity contribution in [2.24, 2.45) is 11.5 Å². The van der Waals surface area contributed by atoms with Crippen molar-refractivity contribution in [2.45, 2.75) is 52.0 Å². The van der Waals surface area contributed by atoms with Crippen LogP contribution in [0.25, 0.3) is 11.6 Å². The molecule has 0 saturated carbocycles. The minimum absolute atomic E-state index is 0.0968. The maximum Gasteiger partial charge on any atom is 0.324 e. The van der Waals surface area contributed by atoms with Crippen molar-refractivity contribution in [1.29, 1.82) is 0 Å². The van der Waals surface area contributed by atoms with Gasteiger partial charge in [0.15, 0.2) is 0 Å². The number of esters is 1. The third kappa shape index (κ3) is 5.96. The van der Waals surface area contributed by atoms with Crippen molar-refractivity contribution in [2.75, 3.05) is 19.8 Å². The second kappa shape index (κ2) is 10.6. The molecule has 0 fully saturated rings. The average Bonchev–Trinajstić information content (AvgIpc) is 3.18. The van der Waals surface area contributed by atoms with Crippen molar-refractivity contribution in [3.63, 3.8) is 0 Å². The van der Waals surface area contributed by atoms with Crippen molar-refractivity contribution in [3.05, 3.63) is 64.2 Å². The van der Waals surface area contributed by atoms with Crippen LogP contribution in [0.4, 0.5) is 0 Å². The smallest absolute Gasteiger partial charge is 0.324 e. The Labute approximate surface area is 185 Å². The molecule has 1 aliphatic rings. The van der Waals surface area contributed by atoms with Crippen LogP contribution in [-0.4, -0.2) is 31.8 Å². The van der Waals surface area contributed by atoms with E-state index < -0.39 is 12.0 Å². The molecule has 1 aliphatic carbocycles. The lowest BCUT2D eigenvalue weighted by Crippen LogP contribution is -2.39. The number of fused-ring (bicyclic) bond motifs is 1. The summed E-state index contributed by atoms with van der Waals surface area (Å²) in [6.07, 6.45) is 4.75. The summed E-state index contributed by atoms with van der Waals surface area (Å²) in [5.41, 5.74) is 18.9. The molecule has 5 heteroatoms. The number of hydrogen-bond donors (Lipinski definition) is 2. The van der Waals surface area contributed by atoms with Crippen LogP contribution in [0.3, 0.4) is 0 Å². The normalized spacial score (nSPS) is 13.7. The van der Waals surface area contributed by atoms with Gasteiger partial charge in [-0.05, 0) is 72.1 Å². The van der Waals surface area contributed by atoms with Crippen molar-refractivity contribution < 1.29 is 14.3 Å². The molecular formula is C26H34N2O3. The second-order valence-electron chi connectivity index (χ2n) is 8.52. The SMILES string of the molecule is Cc1ccc(C2=Cc3ccc(OCCCCOC(=O)C(N)CN)cc3C2)c(C(C)C)c1. The Morgan fingerprint density at radius 2 is 1.87 bits per heavy atom. The van der Waals surface area contributed by atoms with E-state index in [2.05, 4.69) is 57.2 Å². The van der Waals surface area contributed by atoms with E-state index in [9.17, 15) is 4.79 Å². The molecule has 0 aromatic heterocycles. The number of hydrogen-bond acceptors (Lipinski definition) is 5. The minimum Gasteiger partial charge on any atom is -0.494 e. The molecular weight excluding hydrogens is 388 g/mol. The molecule has 31 heavy (non-hydrogen) atoms. The fraction of sp³-hybridized carbons (Fsp3) is 0.423. The predicted molar refractivity (Wildman–Crippen MR) is 126 cm³/mol.